The quantitative estimate of drug-likeness (QED) is 0.325. The Morgan fingerprint density at radius 1 is 1.24 bits per heavy atom. The van der Waals surface area contributed by atoms with Gasteiger partial charge in [0, 0.05) is 44.4 Å². The molecule has 0 fully saturated rings. The van der Waals surface area contributed by atoms with Gasteiger partial charge in [0.25, 0.3) is 0 Å². The van der Waals surface area contributed by atoms with Crippen molar-refractivity contribution in [2.45, 2.75) is 25.7 Å². The van der Waals surface area contributed by atoms with E-state index in [4.69, 9.17) is 0 Å². The number of hydrogen-bond donors (Lipinski definition) is 2. The number of H-pyrrole nitrogens is 1. The lowest BCUT2D eigenvalue weighted by molar-refractivity contribution is 0.0702. The van der Waals surface area contributed by atoms with Crippen LogP contribution < -0.4 is 0 Å². The molecule has 2 N–H and O–H groups in total. The lowest BCUT2D eigenvalue weighted by Gasteiger charge is -2.26. The van der Waals surface area contributed by atoms with Crippen LogP contribution >= 0.6 is 11.3 Å². The SMILES string of the molecule is CC(C)(CC#N)c1c(-c2ccc(C(=O)O)s2)c2cc3[nH]ncc3cc2n1-c1ccc(F)cc1. The molecule has 0 aliphatic heterocycles. The fourth-order valence-corrected chi connectivity index (χ4v) is 5.25. The molecule has 0 bridgehead atoms. The van der Waals surface area contributed by atoms with Crippen molar-refractivity contribution in [1.29, 1.82) is 5.26 Å². The average Bonchev–Trinajstić information content (AvgIpc) is 3.49. The van der Waals surface area contributed by atoms with Gasteiger partial charge in [-0.1, -0.05) is 13.8 Å². The van der Waals surface area contributed by atoms with Gasteiger partial charge < -0.3 is 9.67 Å². The Labute approximate surface area is 192 Å². The fraction of sp³-hybridized carbons (Fsp3) is 0.160. The van der Waals surface area contributed by atoms with E-state index in [2.05, 4.69) is 16.3 Å². The number of carboxylic acids is 1. The van der Waals surface area contributed by atoms with Crippen molar-refractivity contribution in [3.63, 3.8) is 0 Å². The van der Waals surface area contributed by atoms with E-state index in [9.17, 15) is 19.6 Å². The number of hydrogen-bond acceptors (Lipinski definition) is 4. The second-order valence-corrected chi connectivity index (χ2v) is 9.63. The molecule has 0 unspecified atom stereocenters. The topological polar surface area (TPSA) is 94.7 Å². The minimum Gasteiger partial charge on any atom is -0.477 e. The molecule has 2 aromatic carbocycles. The van der Waals surface area contributed by atoms with E-state index in [-0.39, 0.29) is 17.1 Å². The molecule has 5 aromatic rings. The third kappa shape index (κ3) is 3.38. The number of thiophene rings is 1. The molecule has 0 aliphatic carbocycles. The molecule has 33 heavy (non-hydrogen) atoms. The summed E-state index contributed by atoms with van der Waals surface area (Å²) < 4.78 is 15.8. The van der Waals surface area contributed by atoms with Gasteiger partial charge in [-0.05, 0) is 48.5 Å². The summed E-state index contributed by atoms with van der Waals surface area (Å²) in [5.74, 6) is -1.32. The Bertz CT molecular complexity index is 1570. The number of rotatable bonds is 5. The molecule has 0 aliphatic rings. The standard InChI is InChI=1S/C25H19FN4O2S/c1-25(2,9-10-27)23-22(20-7-8-21(33-20)24(31)32)17-12-18-14(13-28-29-18)11-19(17)30(23)16-5-3-15(26)4-6-16/h3-8,11-13H,9H2,1-2H3,(H,28,29)(H,31,32). The molecule has 3 aromatic heterocycles. The minimum atomic E-state index is -0.984. The van der Waals surface area contributed by atoms with Gasteiger partial charge in [0.05, 0.1) is 23.3 Å². The van der Waals surface area contributed by atoms with Crippen LogP contribution in [0.15, 0.2) is 54.7 Å². The Hall–Kier alpha value is -3.96. The van der Waals surface area contributed by atoms with Gasteiger partial charge in [-0.25, -0.2) is 9.18 Å². The molecule has 0 saturated heterocycles. The zero-order chi connectivity index (χ0) is 23.3. The van der Waals surface area contributed by atoms with Gasteiger partial charge in [-0.3, -0.25) is 5.10 Å². The Balaban J connectivity index is 1.97. The number of nitrogens with zero attached hydrogens (tertiary/aromatic N) is 3. The first-order chi connectivity index (χ1) is 15.8. The number of benzene rings is 2. The normalized spacial score (nSPS) is 11.8. The van der Waals surface area contributed by atoms with Crippen LogP contribution in [-0.2, 0) is 5.41 Å². The summed E-state index contributed by atoms with van der Waals surface area (Å²) >= 11 is 1.19. The number of carbonyl (C=O) groups is 1. The van der Waals surface area contributed by atoms with Crippen LogP contribution in [0.1, 0.15) is 35.6 Å². The molecule has 5 rings (SSSR count). The maximum Gasteiger partial charge on any atom is 0.345 e. The van der Waals surface area contributed by atoms with E-state index in [1.54, 1.807) is 30.5 Å². The van der Waals surface area contributed by atoms with E-state index in [1.807, 2.05) is 30.5 Å². The summed E-state index contributed by atoms with van der Waals surface area (Å²) in [6.07, 6.45) is 1.98. The van der Waals surface area contributed by atoms with Crippen LogP contribution in [-0.4, -0.2) is 25.8 Å². The fourth-order valence-electron chi connectivity index (χ4n) is 4.34. The molecule has 164 valence electrons. The van der Waals surface area contributed by atoms with Crippen molar-refractivity contribution in [3.05, 3.63) is 71.1 Å². The second kappa shape index (κ2) is 7.57. The van der Waals surface area contributed by atoms with Crippen LogP contribution in [0.25, 0.3) is 37.9 Å². The van der Waals surface area contributed by atoms with Crippen molar-refractivity contribution in [1.82, 2.24) is 14.8 Å². The number of nitriles is 1. The van der Waals surface area contributed by atoms with E-state index in [1.165, 1.54) is 23.5 Å². The predicted molar refractivity (Wildman–Crippen MR) is 126 cm³/mol. The van der Waals surface area contributed by atoms with Gasteiger partial charge in [0.1, 0.15) is 10.7 Å². The molecule has 0 spiro atoms. The van der Waals surface area contributed by atoms with E-state index >= 15 is 0 Å². The predicted octanol–water partition coefficient (Wildman–Crippen LogP) is 6.26. The molecule has 6 nitrogen and oxygen atoms in total. The first kappa shape index (κ1) is 20.9. The van der Waals surface area contributed by atoms with Crippen molar-refractivity contribution in [2.24, 2.45) is 0 Å². The number of nitrogens with one attached hydrogen (secondary N) is 1. The van der Waals surface area contributed by atoms with Gasteiger partial charge in [0.2, 0.25) is 0 Å². The van der Waals surface area contributed by atoms with E-state index in [0.29, 0.717) is 0 Å². The number of carboxylic acid groups (broad SMARTS) is 1. The van der Waals surface area contributed by atoms with Gasteiger partial charge in [-0.15, -0.1) is 11.3 Å². The molecule has 0 amide bonds. The highest BCUT2D eigenvalue weighted by atomic mass is 32.1. The summed E-state index contributed by atoms with van der Waals surface area (Å²) in [6.45, 7) is 3.99. The molecule has 0 atom stereocenters. The van der Waals surface area contributed by atoms with Crippen LogP contribution in [0.2, 0.25) is 0 Å². The summed E-state index contributed by atoms with van der Waals surface area (Å²) in [6, 6.07) is 15.9. The minimum absolute atomic E-state index is 0.235. The average molecular weight is 459 g/mol. The van der Waals surface area contributed by atoms with Crippen molar-refractivity contribution in [2.75, 3.05) is 0 Å². The molecular formula is C25H19FN4O2S. The zero-order valence-electron chi connectivity index (χ0n) is 17.9. The molecule has 3 heterocycles. The monoisotopic (exact) mass is 458 g/mol. The Morgan fingerprint density at radius 3 is 2.67 bits per heavy atom. The van der Waals surface area contributed by atoms with Gasteiger partial charge >= 0.3 is 5.97 Å². The van der Waals surface area contributed by atoms with Crippen molar-refractivity contribution < 1.29 is 14.3 Å². The second-order valence-electron chi connectivity index (χ2n) is 8.55. The smallest absolute Gasteiger partial charge is 0.345 e. The molecule has 0 saturated carbocycles. The third-order valence-electron chi connectivity index (χ3n) is 5.84. The molecular weight excluding hydrogens is 439 g/mol. The summed E-state index contributed by atoms with van der Waals surface area (Å²) in [4.78, 5) is 12.6. The van der Waals surface area contributed by atoms with Crippen molar-refractivity contribution in [3.8, 4) is 22.2 Å². The van der Waals surface area contributed by atoms with Crippen LogP contribution in [0.3, 0.4) is 0 Å². The van der Waals surface area contributed by atoms with Gasteiger partial charge in [0.15, 0.2) is 0 Å². The summed E-state index contributed by atoms with van der Waals surface area (Å²) in [5.41, 5.74) is 3.62. The maximum absolute atomic E-state index is 13.8. The zero-order valence-corrected chi connectivity index (χ0v) is 18.7. The highest BCUT2D eigenvalue weighted by Crippen LogP contribution is 2.46. The number of aromatic amines is 1. The number of halogens is 1. The van der Waals surface area contributed by atoms with Crippen molar-refractivity contribution >= 4 is 39.1 Å². The molecule has 0 radical (unpaired) electrons. The first-order valence-electron chi connectivity index (χ1n) is 10.3. The first-order valence-corrected chi connectivity index (χ1v) is 11.1. The highest BCUT2D eigenvalue weighted by molar-refractivity contribution is 7.17. The van der Waals surface area contributed by atoms with Crippen LogP contribution in [0.5, 0.6) is 0 Å². The van der Waals surface area contributed by atoms with Crippen LogP contribution in [0, 0.1) is 17.1 Å². The lowest BCUT2D eigenvalue weighted by atomic mass is 9.83. The lowest BCUT2D eigenvalue weighted by Crippen LogP contribution is -2.21. The Kier molecular flexibility index (Phi) is 4.80. The summed E-state index contributed by atoms with van der Waals surface area (Å²) in [5, 5.41) is 28.1. The number of aromatic carboxylic acids is 1. The summed E-state index contributed by atoms with van der Waals surface area (Å²) in [7, 11) is 0. The third-order valence-corrected chi connectivity index (χ3v) is 6.93. The number of aromatic nitrogens is 3. The Morgan fingerprint density at radius 2 is 2.00 bits per heavy atom. The number of fused-ring (bicyclic) bond motifs is 2. The van der Waals surface area contributed by atoms with Gasteiger partial charge in [-0.2, -0.15) is 10.4 Å². The van der Waals surface area contributed by atoms with Crippen LogP contribution in [0.4, 0.5) is 4.39 Å². The largest absolute Gasteiger partial charge is 0.477 e. The maximum atomic E-state index is 13.8. The van der Waals surface area contributed by atoms with E-state index in [0.717, 1.165) is 43.6 Å². The van der Waals surface area contributed by atoms with E-state index < -0.39 is 11.4 Å². The molecule has 8 heteroatoms. The highest BCUT2D eigenvalue weighted by Gasteiger charge is 2.33.